The van der Waals surface area contributed by atoms with Crippen LogP contribution >= 0.6 is 11.3 Å². The zero-order valence-electron chi connectivity index (χ0n) is 18.6. The molecule has 3 N–H and O–H groups in total. The highest BCUT2D eigenvalue weighted by atomic mass is 32.1. The number of carbonyl (C=O) groups is 2. The Bertz CT molecular complexity index is 1120. The fraction of sp³-hybridized carbons (Fsp3) is 0.348. The first-order valence-electron chi connectivity index (χ1n) is 10.5. The molecular weight excluding hydrogens is 444 g/mol. The standard InChI is InChI=1S/C23H26N4O5S/c1-23(2)31-18(20(28)25-12-11-24-14-7-6-8-15(13-14)30-3)19(32-23)21(29)27-22-26-16-9-4-5-10-17(16)33-22/h4-10,13,18-19,24H,11-12H2,1-3H3,(H,25,28)(H,26,27,29)/t18-,19-/m1/s1. The van der Waals surface area contributed by atoms with E-state index in [-0.39, 0.29) is 0 Å². The van der Waals surface area contributed by atoms with Crippen molar-refractivity contribution in [1.29, 1.82) is 0 Å². The number of benzene rings is 2. The summed E-state index contributed by atoms with van der Waals surface area (Å²) in [4.78, 5) is 30.1. The van der Waals surface area contributed by atoms with Gasteiger partial charge in [-0.05, 0) is 38.1 Å². The Morgan fingerprint density at radius 2 is 1.82 bits per heavy atom. The number of aromatic nitrogens is 1. The largest absolute Gasteiger partial charge is 0.497 e. The topological polar surface area (TPSA) is 111 Å². The third-order valence-corrected chi connectivity index (χ3v) is 5.91. The fourth-order valence-corrected chi connectivity index (χ4v) is 4.34. The number of thiazole rings is 1. The molecule has 1 aromatic heterocycles. The van der Waals surface area contributed by atoms with Gasteiger partial charge in [0.15, 0.2) is 23.1 Å². The lowest BCUT2D eigenvalue weighted by molar-refractivity contribution is -0.158. The number of para-hydroxylation sites is 1. The molecule has 33 heavy (non-hydrogen) atoms. The zero-order valence-corrected chi connectivity index (χ0v) is 19.4. The molecule has 1 aliphatic heterocycles. The smallest absolute Gasteiger partial charge is 0.258 e. The van der Waals surface area contributed by atoms with Crippen LogP contribution in [0.2, 0.25) is 0 Å². The molecule has 1 saturated heterocycles. The van der Waals surface area contributed by atoms with Crippen LogP contribution < -0.4 is 20.7 Å². The molecule has 2 atom stereocenters. The van der Waals surface area contributed by atoms with Crippen LogP contribution in [0.25, 0.3) is 10.2 Å². The summed E-state index contributed by atoms with van der Waals surface area (Å²) in [5.41, 5.74) is 1.66. The van der Waals surface area contributed by atoms with E-state index in [0.29, 0.717) is 18.2 Å². The predicted molar refractivity (Wildman–Crippen MR) is 127 cm³/mol. The molecule has 0 bridgehead atoms. The van der Waals surface area contributed by atoms with Gasteiger partial charge in [0.2, 0.25) is 0 Å². The Balaban J connectivity index is 1.34. The highest BCUT2D eigenvalue weighted by Crippen LogP contribution is 2.31. The fourth-order valence-electron chi connectivity index (χ4n) is 3.47. The number of hydrogen-bond donors (Lipinski definition) is 3. The van der Waals surface area contributed by atoms with E-state index < -0.39 is 29.8 Å². The van der Waals surface area contributed by atoms with Gasteiger partial charge in [-0.25, -0.2) is 4.98 Å². The number of rotatable bonds is 8. The minimum Gasteiger partial charge on any atom is -0.497 e. The number of ether oxygens (including phenoxy) is 3. The van der Waals surface area contributed by atoms with Crippen LogP contribution in [0.3, 0.4) is 0 Å². The minimum absolute atomic E-state index is 0.336. The van der Waals surface area contributed by atoms with Crippen molar-refractivity contribution in [2.45, 2.75) is 31.8 Å². The first-order chi connectivity index (χ1) is 15.8. The van der Waals surface area contributed by atoms with Gasteiger partial charge in [-0.3, -0.25) is 14.9 Å². The molecule has 174 valence electrons. The summed E-state index contributed by atoms with van der Waals surface area (Å²) in [5.74, 6) is -1.23. The Morgan fingerprint density at radius 1 is 1.06 bits per heavy atom. The maximum Gasteiger partial charge on any atom is 0.258 e. The molecule has 2 aromatic carbocycles. The predicted octanol–water partition coefficient (Wildman–Crippen LogP) is 2.99. The number of amides is 2. The van der Waals surface area contributed by atoms with Gasteiger partial charge < -0.3 is 24.8 Å². The maximum absolute atomic E-state index is 12.9. The van der Waals surface area contributed by atoms with Crippen LogP contribution in [0.4, 0.5) is 10.8 Å². The normalized spacial score (nSPS) is 19.2. The number of methoxy groups -OCH3 is 1. The van der Waals surface area contributed by atoms with Gasteiger partial charge in [0, 0.05) is 24.8 Å². The summed E-state index contributed by atoms with van der Waals surface area (Å²) in [6.45, 7) is 4.16. The van der Waals surface area contributed by atoms with Crippen LogP contribution in [0.5, 0.6) is 5.75 Å². The summed E-state index contributed by atoms with van der Waals surface area (Å²) >= 11 is 1.35. The zero-order chi connectivity index (χ0) is 23.4. The van der Waals surface area contributed by atoms with Crippen molar-refractivity contribution in [2.75, 3.05) is 30.8 Å². The van der Waals surface area contributed by atoms with Crippen LogP contribution in [0.1, 0.15) is 13.8 Å². The molecule has 2 heterocycles. The summed E-state index contributed by atoms with van der Waals surface area (Å²) in [5, 5.41) is 9.20. The molecule has 4 rings (SSSR count). The Labute approximate surface area is 195 Å². The number of nitrogens with zero attached hydrogens (tertiary/aromatic N) is 1. The first-order valence-corrected chi connectivity index (χ1v) is 11.3. The highest BCUT2D eigenvalue weighted by Gasteiger charge is 2.49. The van der Waals surface area contributed by atoms with Crippen molar-refractivity contribution >= 4 is 44.2 Å². The molecular formula is C23H26N4O5S. The molecule has 10 heteroatoms. The van der Waals surface area contributed by atoms with Crippen molar-refractivity contribution in [3.63, 3.8) is 0 Å². The number of anilines is 2. The molecule has 0 radical (unpaired) electrons. The van der Waals surface area contributed by atoms with Crippen LogP contribution in [-0.2, 0) is 19.1 Å². The van der Waals surface area contributed by atoms with Gasteiger partial charge in [-0.2, -0.15) is 0 Å². The van der Waals surface area contributed by atoms with Crippen molar-refractivity contribution < 1.29 is 23.8 Å². The van der Waals surface area contributed by atoms with Crippen molar-refractivity contribution in [2.24, 2.45) is 0 Å². The van der Waals surface area contributed by atoms with Gasteiger partial charge in [0.05, 0.1) is 17.3 Å². The molecule has 1 aliphatic rings. The molecule has 0 saturated carbocycles. The second-order valence-electron chi connectivity index (χ2n) is 7.90. The summed E-state index contributed by atoms with van der Waals surface area (Å²) < 4.78 is 17.6. The van der Waals surface area contributed by atoms with E-state index in [9.17, 15) is 9.59 Å². The van der Waals surface area contributed by atoms with Crippen LogP contribution in [0.15, 0.2) is 48.5 Å². The maximum atomic E-state index is 12.9. The van der Waals surface area contributed by atoms with Crippen molar-refractivity contribution in [3.05, 3.63) is 48.5 Å². The summed E-state index contributed by atoms with van der Waals surface area (Å²) in [7, 11) is 1.61. The van der Waals surface area contributed by atoms with E-state index in [2.05, 4.69) is 20.9 Å². The van der Waals surface area contributed by atoms with E-state index >= 15 is 0 Å². The van der Waals surface area contributed by atoms with Gasteiger partial charge >= 0.3 is 0 Å². The van der Waals surface area contributed by atoms with E-state index in [1.807, 2.05) is 48.5 Å². The Morgan fingerprint density at radius 3 is 2.58 bits per heavy atom. The number of hydrogen-bond acceptors (Lipinski definition) is 8. The van der Waals surface area contributed by atoms with Crippen LogP contribution in [0, 0.1) is 0 Å². The number of carbonyl (C=O) groups excluding carboxylic acids is 2. The first kappa shape index (κ1) is 23.0. The number of fused-ring (bicyclic) bond motifs is 1. The van der Waals surface area contributed by atoms with Gasteiger partial charge in [0.1, 0.15) is 5.75 Å². The lowest BCUT2D eigenvalue weighted by Gasteiger charge is -2.16. The Kier molecular flexibility index (Phi) is 6.77. The molecule has 1 fully saturated rings. The minimum atomic E-state index is -1.10. The SMILES string of the molecule is COc1cccc(NCCNC(=O)[C@@H]2OC(C)(C)O[C@H]2C(=O)Nc2nc3ccccc3s2)c1. The average Bonchev–Trinajstić information content (AvgIpc) is 3.36. The molecule has 0 spiro atoms. The second-order valence-corrected chi connectivity index (χ2v) is 8.93. The van der Waals surface area contributed by atoms with E-state index in [4.69, 9.17) is 14.2 Å². The summed E-state index contributed by atoms with van der Waals surface area (Å²) in [6.07, 6.45) is -2.18. The number of nitrogens with one attached hydrogen (secondary N) is 3. The molecule has 0 unspecified atom stereocenters. The van der Waals surface area contributed by atoms with Gasteiger partial charge in [0.25, 0.3) is 11.8 Å². The monoisotopic (exact) mass is 470 g/mol. The van der Waals surface area contributed by atoms with E-state index in [1.165, 1.54) is 11.3 Å². The third kappa shape index (κ3) is 5.59. The van der Waals surface area contributed by atoms with E-state index in [0.717, 1.165) is 21.7 Å². The van der Waals surface area contributed by atoms with Gasteiger partial charge in [-0.1, -0.05) is 29.5 Å². The third-order valence-electron chi connectivity index (χ3n) is 4.96. The lowest BCUT2D eigenvalue weighted by Crippen LogP contribution is -2.46. The van der Waals surface area contributed by atoms with Gasteiger partial charge in [-0.15, -0.1) is 0 Å². The molecule has 2 amide bonds. The van der Waals surface area contributed by atoms with Crippen molar-refractivity contribution in [1.82, 2.24) is 10.3 Å². The highest BCUT2D eigenvalue weighted by molar-refractivity contribution is 7.22. The second kappa shape index (κ2) is 9.74. The molecule has 0 aliphatic carbocycles. The molecule has 3 aromatic rings. The van der Waals surface area contributed by atoms with Crippen molar-refractivity contribution in [3.8, 4) is 5.75 Å². The molecule has 9 nitrogen and oxygen atoms in total. The quantitative estimate of drug-likeness (QED) is 0.434. The Hall–Kier alpha value is -3.21. The van der Waals surface area contributed by atoms with Crippen LogP contribution in [-0.4, -0.2) is 55.0 Å². The lowest BCUT2D eigenvalue weighted by atomic mass is 10.2. The average molecular weight is 471 g/mol. The van der Waals surface area contributed by atoms with E-state index in [1.54, 1.807) is 21.0 Å². The summed E-state index contributed by atoms with van der Waals surface area (Å²) in [6, 6.07) is 15.1.